The Hall–Kier alpha value is -2.79. The van der Waals surface area contributed by atoms with Crippen LogP contribution in [0.5, 0.6) is 11.5 Å². The third kappa shape index (κ3) is 6.31. The number of hydrogen-bond acceptors (Lipinski definition) is 4. The monoisotopic (exact) mass is 341 g/mol. The summed E-state index contributed by atoms with van der Waals surface area (Å²) < 4.78 is 11.1. The lowest BCUT2D eigenvalue weighted by Crippen LogP contribution is -2.14. The fourth-order valence-electron chi connectivity index (χ4n) is 2.37. The van der Waals surface area contributed by atoms with Gasteiger partial charge in [0.1, 0.15) is 0 Å². The summed E-state index contributed by atoms with van der Waals surface area (Å²) >= 11 is 0. The normalized spacial score (nSPS) is 10.6. The fourth-order valence-corrected chi connectivity index (χ4v) is 2.37. The number of unbranched alkanes of at least 4 members (excludes halogenated alkanes) is 1. The van der Waals surface area contributed by atoms with Crippen molar-refractivity contribution in [2.45, 2.75) is 19.3 Å². The lowest BCUT2D eigenvalue weighted by molar-refractivity contribution is -0.124. The summed E-state index contributed by atoms with van der Waals surface area (Å²) in [5, 5.41) is 8.48. The molecule has 0 unspecified atom stereocenters. The summed E-state index contributed by atoms with van der Waals surface area (Å²) in [4.78, 5) is 11.0. The second kappa shape index (κ2) is 10.2. The Morgan fingerprint density at radius 1 is 1.12 bits per heavy atom. The van der Waals surface area contributed by atoms with Crippen LogP contribution in [0.1, 0.15) is 24.0 Å². The molecule has 5 heteroatoms. The Labute approximate surface area is 147 Å². The third-order valence-electron chi connectivity index (χ3n) is 3.69. The van der Waals surface area contributed by atoms with E-state index in [0.29, 0.717) is 18.1 Å². The zero-order chi connectivity index (χ0) is 17.9. The van der Waals surface area contributed by atoms with Crippen LogP contribution >= 0.6 is 0 Å². The number of hydrogen-bond donors (Lipinski definition) is 2. The lowest BCUT2D eigenvalue weighted by atomic mass is 10.1. The van der Waals surface area contributed by atoms with Crippen LogP contribution < -0.4 is 15.0 Å². The minimum absolute atomic E-state index is 0.585. The highest BCUT2D eigenvalue weighted by atomic mass is 16.5. The van der Waals surface area contributed by atoms with Crippen molar-refractivity contribution < 1.29 is 19.5 Å². The van der Waals surface area contributed by atoms with Crippen LogP contribution in [0.4, 0.5) is 0 Å². The highest BCUT2D eigenvalue weighted by Gasteiger charge is 2.05. The van der Waals surface area contributed by atoms with Gasteiger partial charge in [-0.1, -0.05) is 36.4 Å². The Morgan fingerprint density at radius 3 is 2.64 bits per heavy atom. The van der Waals surface area contributed by atoms with Crippen LogP contribution in [0, 0.1) is 0 Å². The first-order valence-corrected chi connectivity index (χ1v) is 8.20. The molecular weight excluding hydrogens is 318 g/mol. The predicted octanol–water partition coefficient (Wildman–Crippen LogP) is 3.62. The number of nitrogens with one attached hydrogen (secondary N) is 1. The molecule has 2 rings (SSSR count). The lowest BCUT2D eigenvalue weighted by Gasteiger charge is -2.11. The molecule has 1 amide bonds. The van der Waals surface area contributed by atoms with E-state index in [4.69, 9.17) is 14.7 Å². The van der Waals surface area contributed by atoms with Crippen molar-refractivity contribution in [3.63, 3.8) is 0 Å². The van der Waals surface area contributed by atoms with Gasteiger partial charge >= 0.3 is 0 Å². The van der Waals surface area contributed by atoms with Gasteiger partial charge in [-0.15, -0.1) is 0 Å². The first-order valence-electron chi connectivity index (χ1n) is 8.20. The molecule has 2 aromatic rings. The summed E-state index contributed by atoms with van der Waals surface area (Å²) in [6.07, 6.45) is 5.87. The van der Waals surface area contributed by atoms with E-state index < -0.39 is 5.91 Å². The molecule has 2 aromatic carbocycles. The minimum atomic E-state index is -0.585. The molecule has 0 saturated carbocycles. The highest BCUT2D eigenvalue weighted by Crippen LogP contribution is 2.28. The van der Waals surface area contributed by atoms with E-state index >= 15 is 0 Å². The van der Waals surface area contributed by atoms with Gasteiger partial charge < -0.3 is 9.47 Å². The molecule has 25 heavy (non-hydrogen) atoms. The van der Waals surface area contributed by atoms with Gasteiger partial charge in [-0.25, -0.2) is 5.48 Å². The van der Waals surface area contributed by atoms with Crippen molar-refractivity contribution in [1.82, 2.24) is 5.48 Å². The molecule has 0 aliphatic carbocycles. The number of aryl methyl sites for hydroxylation is 1. The van der Waals surface area contributed by atoms with E-state index in [0.717, 1.165) is 24.8 Å². The molecule has 0 bridgehead atoms. The molecule has 0 fully saturated rings. The molecular formula is C20H23NO4. The Morgan fingerprint density at radius 2 is 1.92 bits per heavy atom. The highest BCUT2D eigenvalue weighted by molar-refractivity contribution is 5.90. The van der Waals surface area contributed by atoms with Gasteiger partial charge in [0.25, 0.3) is 5.91 Å². The summed E-state index contributed by atoms with van der Waals surface area (Å²) in [5.41, 5.74) is 3.66. The zero-order valence-electron chi connectivity index (χ0n) is 14.3. The van der Waals surface area contributed by atoms with E-state index in [2.05, 4.69) is 24.3 Å². The number of benzene rings is 2. The van der Waals surface area contributed by atoms with Gasteiger partial charge in [-0.3, -0.25) is 10.0 Å². The first-order chi connectivity index (χ1) is 12.2. The Kier molecular flexibility index (Phi) is 7.53. The van der Waals surface area contributed by atoms with Crippen LogP contribution in [0.2, 0.25) is 0 Å². The van der Waals surface area contributed by atoms with Gasteiger partial charge in [0, 0.05) is 6.08 Å². The predicted molar refractivity (Wildman–Crippen MR) is 96.8 cm³/mol. The number of hydroxylamine groups is 1. The van der Waals surface area contributed by atoms with Gasteiger partial charge in [0.2, 0.25) is 0 Å². The maximum Gasteiger partial charge on any atom is 0.267 e. The second-order valence-corrected chi connectivity index (χ2v) is 5.51. The van der Waals surface area contributed by atoms with E-state index in [1.54, 1.807) is 24.7 Å². The molecule has 0 saturated heterocycles. The average molecular weight is 341 g/mol. The molecule has 132 valence electrons. The number of rotatable bonds is 9. The molecule has 0 atom stereocenters. The number of carbonyl (C=O) groups excluding carboxylic acids is 1. The maximum absolute atomic E-state index is 11.0. The van der Waals surface area contributed by atoms with Crippen molar-refractivity contribution in [2.24, 2.45) is 0 Å². The van der Waals surface area contributed by atoms with Crippen molar-refractivity contribution >= 4 is 12.0 Å². The second-order valence-electron chi connectivity index (χ2n) is 5.51. The molecule has 5 nitrogen and oxygen atoms in total. The van der Waals surface area contributed by atoms with Crippen molar-refractivity contribution in [3.8, 4) is 11.5 Å². The van der Waals surface area contributed by atoms with Crippen molar-refractivity contribution in [3.05, 3.63) is 65.7 Å². The van der Waals surface area contributed by atoms with Gasteiger partial charge in [0.15, 0.2) is 11.5 Å². The van der Waals surface area contributed by atoms with Gasteiger partial charge in [-0.2, -0.15) is 0 Å². The largest absolute Gasteiger partial charge is 0.493 e. The number of methoxy groups -OCH3 is 1. The molecule has 0 heterocycles. The topological polar surface area (TPSA) is 67.8 Å². The zero-order valence-corrected chi connectivity index (χ0v) is 14.3. The molecule has 0 radical (unpaired) electrons. The quantitative estimate of drug-likeness (QED) is 0.316. The molecule has 0 aromatic heterocycles. The SMILES string of the molecule is COc1cc(/C=C/C(=O)NO)ccc1OCCCCc1ccccc1. The third-order valence-corrected chi connectivity index (χ3v) is 3.69. The van der Waals surface area contributed by atoms with Gasteiger partial charge in [0.05, 0.1) is 13.7 Å². The van der Waals surface area contributed by atoms with Crippen LogP contribution in [0.3, 0.4) is 0 Å². The standard InChI is InChI=1S/C20H23NO4/c1-24-19-15-17(11-13-20(22)21-23)10-12-18(19)25-14-6-5-9-16-7-3-2-4-8-16/h2-4,7-8,10-13,15,23H,5-6,9,14H2,1H3,(H,21,22)/b13-11+. The fraction of sp³-hybridized carbons (Fsp3) is 0.250. The minimum Gasteiger partial charge on any atom is -0.493 e. The first kappa shape index (κ1) is 18.5. The average Bonchev–Trinajstić information content (AvgIpc) is 2.67. The molecule has 0 aliphatic rings. The summed E-state index contributed by atoms with van der Waals surface area (Å²) in [6.45, 7) is 0.616. The molecule has 0 aliphatic heterocycles. The van der Waals surface area contributed by atoms with E-state index in [9.17, 15) is 4.79 Å². The smallest absolute Gasteiger partial charge is 0.267 e. The number of carbonyl (C=O) groups is 1. The van der Waals surface area contributed by atoms with Crippen molar-refractivity contribution in [1.29, 1.82) is 0 Å². The van der Waals surface area contributed by atoms with Crippen LogP contribution in [-0.4, -0.2) is 24.8 Å². The number of ether oxygens (including phenoxy) is 2. The molecule has 0 spiro atoms. The van der Waals surface area contributed by atoms with Crippen LogP contribution in [-0.2, 0) is 11.2 Å². The number of amides is 1. The van der Waals surface area contributed by atoms with E-state index in [1.165, 1.54) is 11.6 Å². The summed E-state index contributed by atoms with van der Waals surface area (Å²) in [7, 11) is 1.57. The maximum atomic E-state index is 11.0. The summed E-state index contributed by atoms with van der Waals surface area (Å²) in [6, 6.07) is 15.8. The summed E-state index contributed by atoms with van der Waals surface area (Å²) in [5.74, 6) is 0.693. The van der Waals surface area contributed by atoms with Crippen LogP contribution in [0.25, 0.3) is 6.08 Å². The Balaban J connectivity index is 1.82. The van der Waals surface area contributed by atoms with E-state index in [-0.39, 0.29) is 0 Å². The van der Waals surface area contributed by atoms with Crippen LogP contribution in [0.15, 0.2) is 54.6 Å². The van der Waals surface area contributed by atoms with Crippen molar-refractivity contribution in [2.75, 3.05) is 13.7 Å². The van der Waals surface area contributed by atoms with Gasteiger partial charge in [-0.05, 0) is 48.6 Å². The Bertz CT molecular complexity index is 698. The molecule has 2 N–H and O–H groups in total. The van der Waals surface area contributed by atoms with E-state index in [1.807, 2.05) is 18.2 Å².